The van der Waals surface area contributed by atoms with Crippen LogP contribution in [0.3, 0.4) is 0 Å². The van der Waals surface area contributed by atoms with Gasteiger partial charge in [-0.1, -0.05) is 18.5 Å². The molecule has 1 amide bonds. The van der Waals surface area contributed by atoms with Crippen LogP contribution in [0.4, 0.5) is 0 Å². The van der Waals surface area contributed by atoms with Crippen LogP contribution in [0.15, 0.2) is 6.20 Å². The van der Waals surface area contributed by atoms with Crippen molar-refractivity contribution in [2.75, 3.05) is 13.1 Å². The van der Waals surface area contributed by atoms with Crippen molar-refractivity contribution in [3.05, 3.63) is 17.2 Å². The second kappa shape index (κ2) is 5.57. The monoisotopic (exact) mass is 308 g/mol. The fourth-order valence-corrected chi connectivity index (χ4v) is 2.91. The largest absolute Gasteiger partial charge is 0.353 e. The molecule has 2 aromatic rings. The average molecular weight is 309 g/mol. The average Bonchev–Trinajstić information content (AvgIpc) is 2.81. The molecule has 7 nitrogen and oxygen atoms in total. The molecule has 1 N–H and O–H groups in total. The van der Waals surface area contributed by atoms with Crippen molar-refractivity contribution in [3.8, 4) is 0 Å². The van der Waals surface area contributed by atoms with Gasteiger partial charge in [0.25, 0.3) is 0 Å². The Labute approximate surface area is 127 Å². The van der Waals surface area contributed by atoms with Gasteiger partial charge in [-0.2, -0.15) is 5.10 Å². The molecule has 0 saturated carbocycles. The minimum atomic E-state index is -0.136. The lowest BCUT2D eigenvalue weighted by atomic mass is 10.1. The van der Waals surface area contributed by atoms with Crippen molar-refractivity contribution in [2.24, 2.45) is 7.05 Å². The van der Waals surface area contributed by atoms with Crippen molar-refractivity contribution in [1.29, 1.82) is 0 Å². The molecular formula is C13H17ClN6O. The number of nitrogens with one attached hydrogen (secondary N) is 1. The number of piperazine rings is 1. The molecule has 1 aliphatic heterocycles. The van der Waals surface area contributed by atoms with Gasteiger partial charge in [-0.3, -0.25) is 14.4 Å². The van der Waals surface area contributed by atoms with Gasteiger partial charge in [0, 0.05) is 20.1 Å². The normalized spacial score (nSPS) is 20.0. The number of fused-ring (bicyclic) bond motifs is 1. The third-order valence-corrected chi connectivity index (χ3v) is 4.05. The molecule has 0 aliphatic carbocycles. The van der Waals surface area contributed by atoms with Crippen LogP contribution in [0.1, 0.15) is 19.2 Å². The van der Waals surface area contributed by atoms with E-state index in [1.165, 1.54) is 0 Å². The zero-order valence-electron chi connectivity index (χ0n) is 12.0. The van der Waals surface area contributed by atoms with Gasteiger partial charge in [-0.25, -0.2) is 9.97 Å². The summed E-state index contributed by atoms with van der Waals surface area (Å²) >= 11 is 6.19. The third-order valence-electron chi connectivity index (χ3n) is 3.76. The first kappa shape index (κ1) is 14.2. The summed E-state index contributed by atoms with van der Waals surface area (Å²) < 4.78 is 1.67. The van der Waals surface area contributed by atoms with Gasteiger partial charge in [-0.05, 0) is 6.42 Å². The lowest BCUT2D eigenvalue weighted by Crippen LogP contribution is -2.54. The maximum absolute atomic E-state index is 11.9. The lowest BCUT2D eigenvalue weighted by molar-refractivity contribution is -0.129. The number of halogens is 1. The molecule has 2 aromatic heterocycles. The Kier molecular flexibility index (Phi) is 3.77. The number of carbonyl (C=O) groups excluding carboxylic acids is 1. The minimum Gasteiger partial charge on any atom is -0.353 e. The van der Waals surface area contributed by atoms with E-state index in [0.29, 0.717) is 29.7 Å². The number of amides is 1. The Balaban J connectivity index is 1.90. The highest BCUT2D eigenvalue weighted by Crippen LogP contribution is 2.20. The predicted octanol–water partition coefficient (Wildman–Crippen LogP) is 0.727. The molecule has 3 heterocycles. The van der Waals surface area contributed by atoms with Crippen LogP contribution in [-0.4, -0.2) is 49.7 Å². The summed E-state index contributed by atoms with van der Waals surface area (Å²) in [6.45, 7) is 3.94. The maximum Gasteiger partial charge on any atom is 0.237 e. The number of nitrogens with zero attached hydrogens (tertiary/aromatic N) is 5. The molecule has 8 heteroatoms. The molecule has 1 fully saturated rings. The Hall–Kier alpha value is -1.73. The SMILES string of the molecule is CCC1C(=O)NCCN1Cc1nc(Cl)c2cnn(C)c2n1. The molecule has 0 radical (unpaired) electrons. The van der Waals surface area contributed by atoms with Crippen LogP contribution in [0.2, 0.25) is 5.15 Å². The fourth-order valence-electron chi connectivity index (χ4n) is 2.68. The number of rotatable bonds is 3. The summed E-state index contributed by atoms with van der Waals surface area (Å²) in [6.07, 6.45) is 2.41. The van der Waals surface area contributed by atoms with Gasteiger partial charge in [0.05, 0.1) is 24.2 Å². The second-order valence-electron chi connectivity index (χ2n) is 5.12. The number of carbonyl (C=O) groups is 1. The van der Waals surface area contributed by atoms with Crippen LogP contribution in [-0.2, 0) is 18.4 Å². The topological polar surface area (TPSA) is 75.9 Å². The Morgan fingerprint density at radius 2 is 2.29 bits per heavy atom. The number of hydrogen-bond donors (Lipinski definition) is 1. The highest BCUT2D eigenvalue weighted by molar-refractivity contribution is 6.33. The number of aromatic nitrogens is 4. The smallest absolute Gasteiger partial charge is 0.237 e. The molecule has 1 aliphatic rings. The van der Waals surface area contributed by atoms with Crippen molar-refractivity contribution in [2.45, 2.75) is 25.9 Å². The van der Waals surface area contributed by atoms with Crippen LogP contribution in [0, 0.1) is 0 Å². The summed E-state index contributed by atoms with van der Waals surface area (Å²) in [4.78, 5) is 22.8. The third kappa shape index (κ3) is 2.58. The number of hydrogen-bond acceptors (Lipinski definition) is 5. The van der Waals surface area contributed by atoms with Gasteiger partial charge in [-0.15, -0.1) is 0 Å². The van der Waals surface area contributed by atoms with Gasteiger partial charge < -0.3 is 5.32 Å². The highest BCUT2D eigenvalue weighted by Gasteiger charge is 2.28. The lowest BCUT2D eigenvalue weighted by Gasteiger charge is -2.33. The Bertz CT molecular complexity index is 685. The first-order valence-corrected chi connectivity index (χ1v) is 7.33. The van der Waals surface area contributed by atoms with E-state index in [1.807, 2.05) is 14.0 Å². The van der Waals surface area contributed by atoms with Gasteiger partial charge in [0.15, 0.2) is 5.65 Å². The molecule has 3 rings (SSSR count). The molecule has 1 unspecified atom stereocenters. The van der Waals surface area contributed by atoms with E-state index in [-0.39, 0.29) is 11.9 Å². The molecule has 21 heavy (non-hydrogen) atoms. The van der Waals surface area contributed by atoms with E-state index < -0.39 is 0 Å². The molecule has 0 spiro atoms. The molecule has 0 aromatic carbocycles. The first-order chi connectivity index (χ1) is 10.1. The van der Waals surface area contributed by atoms with Gasteiger partial charge >= 0.3 is 0 Å². The second-order valence-corrected chi connectivity index (χ2v) is 5.48. The molecule has 1 saturated heterocycles. The fraction of sp³-hybridized carbons (Fsp3) is 0.538. The van der Waals surface area contributed by atoms with Crippen LogP contribution in [0.5, 0.6) is 0 Å². The Morgan fingerprint density at radius 3 is 3.05 bits per heavy atom. The van der Waals surface area contributed by atoms with Crippen molar-refractivity contribution >= 4 is 28.5 Å². The first-order valence-electron chi connectivity index (χ1n) is 6.96. The van der Waals surface area contributed by atoms with Crippen LogP contribution >= 0.6 is 11.6 Å². The summed E-state index contributed by atoms with van der Waals surface area (Å²) in [6, 6.07) is -0.136. The maximum atomic E-state index is 11.9. The highest BCUT2D eigenvalue weighted by atomic mass is 35.5. The standard InChI is InChI=1S/C13H17ClN6O/c1-3-9-13(21)15-4-5-20(9)7-10-17-11(14)8-6-16-19(2)12(8)18-10/h6,9H,3-5,7H2,1-2H3,(H,15,21). The number of aryl methyl sites for hydroxylation is 1. The van der Waals surface area contributed by atoms with Crippen molar-refractivity contribution in [1.82, 2.24) is 30.0 Å². The Morgan fingerprint density at radius 1 is 1.48 bits per heavy atom. The molecular weight excluding hydrogens is 292 g/mol. The van der Waals surface area contributed by atoms with Crippen molar-refractivity contribution < 1.29 is 4.79 Å². The summed E-state index contributed by atoms with van der Waals surface area (Å²) in [5.41, 5.74) is 0.708. The quantitative estimate of drug-likeness (QED) is 0.846. The van der Waals surface area contributed by atoms with Gasteiger partial charge in [0.1, 0.15) is 11.0 Å². The van der Waals surface area contributed by atoms with Crippen molar-refractivity contribution in [3.63, 3.8) is 0 Å². The molecule has 112 valence electrons. The summed E-state index contributed by atoms with van der Waals surface area (Å²) in [5.74, 6) is 0.681. The van der Waals surface area contributed by atoms with E-state index in [2.05, 4.69) is 25.3 Å². The predicted molar refractivity (Wildman–Crippen MR) is 78.8 cm³/mol. The van der Waals surface area contributed by atoms with Crippen LogP contribution < -0.4 is 5.32 Å². The van der Waals surface area contributed by atoms with E-state index in [4.69, 9.17) is 11.6 Å². The zero-order valence-corrected chi connectivity index (χ0v) is 12.8. The van der Waals surface area contributed by atoms with Crippen LogP contribution in [0.25, 0.3) is 11.0 Å². The summed E-state index contributed by atoms with van der Waals surface area (Å²) in [7, 11) is 1.82. The summed E-state index contributed by atoms with van der Waals surface area (Å²) in [5, 5.41) is 8.17. The van der Waals surface area contributed by atoms with E-state index in [9.17, 15) is 4.79 Å². The minimum absolute atomic E-state index is 0.0662. The van der Waals surface area contributed by atoms with E-state index >= 15 is 0 Å². The molecule has 0 bridgehead atoms. The van der Waals surface area contributed by atoms with Gasteiger partial charge in [0.2, 0.25) is 5.91 Å². The van der Waals surface area contributed by atoms with E-state index in [0.717, 1.165) is 18.4 Å². The molecule has 1 atom stereocenters. The van der Waals surface area contributed by atoms with E-state index in [1.54, 1.807) is 10.9 Å². The zero-order chi connectivity index (χ0) is 15.0.